The minimum atomic E-state index is -3.61. The van der Waals surface area contributed by atoms with E-state index in [1.807, 2.05) is 0 Å². The number of benzene rings is 1. The number of hydrogen-bond acceptors (Lipinski definition) is 3. The zero-order chi connectivity index (χ0) is 9.73. The van der Waals surface area contributed by atoms with Crippen LogP contribution in [0.1, 0.15) is 0 Å². The summed E-state index contributed by atoms with van der Waals surface area (Å²) in [6.07, 6.45) is 1.38. The zero-order valence-electron chi connectivity index (χ0n) is 6.93. The molecule has 0 aliphatic carbocycles. The van der Waals surface area contributed by atoms with Gasteiger partial charge in [0.25, 0.3) is 10.1 Å². The first-order valence-electron chi connectivity index (χ1n) is 3.63. The van der Waals surface area contributed by atoms with Gasteiger partial charge in [-0.1, -0.05) is 18.2 Å². The van der Waals surface area contributed by atoms with Crippen molar-refractivity contribution in [3.63, 3.8) is 0 Å². The molecule has 0 aromatic heterocycles. The molecule has 69 valence electrons. The van der Waals surface area contributed by atoms with Gasteiger partial charge >= 0.3 is 0 Å². The van der Waals surface area contributed by atoms with E-state index < -0.39 is 10.1 Å². The number of hydrogen-bond donors (Lipinski definition) is 0. The molecule has 1 radical (unpaired) electrons. The Morgan fingerprint density at radius 3 is 2.62 bits per heavy atom. The highest BCUT2D eigenvalue weighted by Gasteiger charge is 2.12. The summed E-state index contributed by atoms with van der Waals surface area (Å²) in [7, 11) is -3.61. The fraction of sp³-hybridized carbons (Fsp3) is 0.111. The Morgan fingerprint density at radius 2 is 2.08 bits per heavy atom. The Morgan fingerprint density at radius 1 is 1.46 bits per heavy atom. The molecule has 4 heteroatoms. The molecule has 0 saturated carbocycles. The summed E-state index contributed by atoms with van der Waals surface area (Å²) in [5.74, 6) is 0. The van der Waals surface area contributed by atoms with E-state index >= 15 is 0 Å². The third-order valence-corrected chi connectivity index (χ3v) is 2.61. The molecule has 1 aromatic rings. The van der Waals surface area contributed by atoms with E-state index in [1.165, 1.54) is 30.3 Å². The summed E-state index contributed by atoms with van der Waals surface area (Å²) in [5.41, 5.74) is 0. The molecule has 1 aromatic carbocycles. The van der Waals surface area contributed by atoms with Crippen LogP contribution in [0, 0.1) is 6.07 Å². The predicted molar refractivity (Wildman–Crippen MR) is 48.6 cm³/mol. The van der Waals surface area contributed by atoms with Crippen molar-refractivity contribution < 1.29 is 12.6 Å². The first-order valence-corrected chi connectivity index (χ1v) is 5.04. The van der Waals surface area contributed by atoms with E-state index in [0.29, 0.717) is 0 Å². The Kier molecular flexibility index (Phi) is 3.22. The molecule has 0 fully saturated rings. The molecule has 0 N–H and O–H groups in total. The van der Waals surface area contributed by atoms with Crippen LogP contribution in [0.5, 0.6) is 0 Å². The standard InChI is InChI=1S/C9H9O3S/c1-2-8-12-13(10,11)9-6-4-3-5-7-9/h2,4-7H,1,8H2. The highest BCUT2D eigenvalue weighted by atomic mass is 32.2. The molecule has 0 saturated heterocycles. The minimum absolute atomic E-state index is 0.0130. The van der Waals surface area contributed by atoms with Gasteiger partial charge in [-0.25, -0.2) is 0 Å². The van der Waals surface area contributed by atoms with Crippen molar-refractivity contribution in [1.29, 1.82) is 0 Å². The minimum Gasteiger partial charge on any atom is -0.262 e. The quantitative estimate of drug-likeness (QED) is 0.541. The zero-order valence-corrected chi connectivity index (χ0v) is 7.75. The Labute approximate surface area is 77.8 Å². The lowest BCUT2D eigenvalue weighted by atomic mass is 10.4. The summed E-state index contributed by atoms with van der Waals surface area (Å²) >= 11 is 0. The van der Waals surface area contributed by atoms with E-state index in [2.05, 4.69) is 16.8 Å². The van der Waals surface area contributed by atoms with Gasteiger partial charge in [0.2, 0.25) is 0 Å². The highest BCUT2D eigenvalue weighted by molar-refractivity contribution is 7.86. The fourth-order valence-electron chi connectivity index (χ4n) is 0.744. The SMILES string of the molecule is C=CCOS(=O)(=O)c1cc[c]cc1. The van der Waals surface area contributed by atoms with Gasteiger partial charge in [-0.2, -0.15) is 8.42 Å². The largest absolute Gasteiger partial charge is 0.297 e. The van der Waals surface area contributed by atoms with Gasteiger partial charge in [0.15, 0.2) is 0 Å². The molecule has 0 bridgehead atoms. The van der Waals surface area contributed by atoms with Gasteiger partial charge in [0.05, 0.1) is 11.5 Å². The van der Waals surface area contributed by atoms with Crippen molar-refractivity contribution in [2.24, 2.45) is 0 Å². The average Bonchev–Trinajstić information content (AvgIpc) is 2.16. The summed E-state index contributed by atoms with van der Waals surface area (Å²) in [6, 6.07) is 8.61. The normalized spacial score (nSPS) is 11.1. The molecule has 0 aliphatic rings. The van der Waals surface area contributed by atoms with Crippen molar-refractivity contribution in [3.05, 3.63) is 43.0 Å². The second-order valence-corrected chi connectivity index (χ2v) is 3.88. The maximum absolute atomic E-state index is 11.3. The van der Waals surface area contributed by atoms with Crippen molar-refractivity contribution in [1.82, 2.24) is 0 Å². The topological polar surface area (TPSA) is 43.4 Å². The Hall–Kier alpha value is -1.13. The Bertz CT molecular complexity index is 367. The fourth-order valence-corrected chi connectivity index (χ4v) is 1.62. The summed E-state index contributed by atoms with van der Waals surface area (Å²) in [4.78, 5) is 0.133. The predicted octanol–water partition coefficient (Wildman–Crippen LogP) is 1.38. The average molecular weight is 197 g/mol. The number of rotatable bonds is 4. The van der Waals surface area contributed by atoms with Crippen molar-refractivity contribution >= 4 is 10.1 Å². The van der Waals surface area contributed by atoms with Crippen LogP contribution in [0.4, 0.5) is 0 Å². The summed E-state index contributed by atoms with van der Waals surface area (Å²) in [6.45, 7) is 3.35. The lowest BCUT2D eigenvalue weighted by Gasteiger charge is -2.01. The second kappa shape index (κ2) is 4.20. The smallest absolute Gasteiger partial charge is 0.262 e. The van der Waals surface area contributed by atoms with Crippen LogP contribution >= 0.6 is 0 Å². The molecule has 0 heterocycles. The molecule has 0 unspecified atom stereocenters. The molecular formula is C9H9O3S. The van der Waals surface area contributed by atoms with E-state index in [4.69, 9.17) is 0 Å². The lowest BCUT2D eigenvalue weighted by molar-refractivity contribution is 0.357. The van der Waals surface area contributed by atoms with Crippen LogP contribution in [0.2, 0.25) is 0 Å². The molecule has 3 nitrogen and oxygen atoms in total. The van der Waals surface area contributed by atoms with Gasteiger partial charge in [-0.3, -0.25) is 4.18 Å². The van der Waals surface area contributed by atoms with Crippen LogP contribution in [-0.2, 0) is 14.3 Å². The molecule has 0 aliphatic heterocycles. The van der Waals surface area contributed by atoms with E-state index in [0.717, 1.165) is 0 Å². The van der Waals surface area contributed by atoms with E-state index in [-0.39, 0.29) is 11.5 Å². The van der Waals surface area contributed by atoms with Crippen LogP contribution in [0.3, 0.4) is 0 Å². The first-order chi connectivity index (χ1) is 6.17. The molecular weight excluding hydrogens is 188 g/mol. The summed E-state index contributed by atoms with van der Waals surface area (Å²) < 4.78 is 27.2. The van der Waals surface area contributed by atoms with Gasteiger partial charge < -0.3 is 0 Å². The molecule has 1 rings (SSSR count). The van der Waals surface area contributed by atoms with Crippen molar-refractivity contribution in [3.8, 4) is 0 Å². The second-order valence-electron chi connectivity index (χ2n) is 2.26. The maximum Gasteiger partial charge on any atom is 0.297 e. The third kappa shape index (κ3) is 2.68. The van der Waals surface area contributed by atoms with Crippen LogP contribution in [-0.4, -0.2) is 15.0 Å². The highest BCUT2D eigenvalue weighted by Crippen LogP contribution is 2.10. The van der Waals surface area contributed by atoms with Crippen molar-refractivity contribution in [2.75, 3.05) is 6.61 Å². The first kappa shape index (κ1) is 9.95. The van der Waals surface area contributed by atoms with Gasteiger partial charge in [0, 0.05) is 0 Å². The Balaban J connectivity index is 2.88. The molecule has 0 amide bonds. The van der Waals surface area contributed by atoms with Crippen LogP contribution in [0.15, 0.2) is 41.8 Å². The van der Waals surface area contributed by atoms with Gasteiger partial charge in [-0.15, -0.1) is 6.58 Å². The van der Waals surface area contributed by atoms with Crippen LogP contribution in [0.25, 0.3) is 0 Å². The van der Waals surface area contributed by atoms with Gasteiger partial charge in [-0.05, 0) is 18.2 Å². The van der Waals surface area contributed by atoms with E-state index in [1.54, 1.807) is 0 Å². The monoisotopic (exact) mass is 197 g/mol. The molecule has 0 spiro atoms. The van der Waals surface area contributed by atoms with E-state index in [9.17, 15) is 8.42 Å². The summed E-state index contributed by atoms with van der Waals surface area (Å²) in [5, 5.41) is 0. The lowest BCUT2D eigenvalue weighted by Crippen LogP contribution is -2.05. The van der Waals surface area contributed by atoms with Gasteiger partial charge in [0.1, 0.15) is 0 Å². The molecule has 13 heavy (non-hydrogen) atoms. The van der Waals surface area contributed by atoms with Crippen molar-refractivity contribution in [2.45, 2.75) is 4.90 Å². The maximum atomic E-state index is 11.3. The van der Waals surface area contributed by atoms with Crippen LogP contribution < -0.4 is 0 Å². The third-order valence-electron chi connectivity index (χ3n) is 1.32. The molecule has 0 atom stereocenters.